The molecule has 0 aliphatic carbocycles. The first kappa shape index (κ1) is 16.5. The van der Waals surface area contributed by atoms with Crippen molar-refractivity contribution in [3.8, 4) is 17.2 Å². The summed E-state index contributed by atoms with van der Waals surface area (Å²) in [6.07, 6.45) is 1.77. The number of amides is 1. The normalized spacial score (nSPS) is 16.8. The smallest absolute Gasteiger partial charge is 0.235 e. The van der Waals surface area contributed by atoms with E-state index in [9.17, 15) is 4.79 Å². The number of anilines is 1. The number of hydrogen-bond donors (Lipinski definition) is 1. The van der Waals surface area contributed by atoms with Crippen LogP contribution in [0.4, 0.5) is 5.82 Å². The van der Waals surface area contributed by atoms with Gasteiger partial charge < -0.3 is 19.5 Å². The van der Waals surface area contributed by atoms with E-state index in [0.717, 1.165) is 11.1 Å². The van der Waals surface area contributed by atoms with Crippen LogP contribution in [0.15, 0.2) is 18.3 Å². The fourth-order valence-electron chi connectivity index (χ4n) is 2.80. The standard InChI is InChI=1S/C16H19N3O4S/c1-19-16-10(7-17-19)15(24-8-12(20)18-16)9-5-6-11(21-2)14(23-4)13(9)22-3/h5-7,15H,8H2,1-4H3,(H,18,20)/t15-/m1/s1. The van der Waals surface area contributed by atoms with E-state index in [1.165, 1.54) is 11.8 Å². The summed E-state index contributed by atoms with van der Waals surface area (Å²) in [7, 11) is 6.55. The molecule has 24 heavy (non-hydrogen) atoms. The third-order valence-corrected chi connectivity index (χ3v) is 5.18. The van der Waals surface area contributed by atoms with Crippen LogP contribution in [-0.2, 0) is 11.8 Å². The molecule has 1 aromatic carbocycles. The molecule has 1 N–H and O–H groups in total. The van der Waals surface area contributed by atoms with Crippen molar-refractivity contribution in [3.05, 3.63) is 29.5 Å². The Hall–Kier alpha value is -2.35. The predicted molar refractivity (Wildman–Crippen MR) is 92.2 cm³/mol. The van der Waals surface area contributed by atoms with Crippen molar-refractivity contribution in [2.45, 2.75) is 5.25 Å². The number of carbonyl (C=O) groups is 1. The van der Waals surface area contributed by atoms with E-state index in [1.54, 1.807) is 39.3 Å². The number of nitrogens with one attached hydrogen (secondary N) is 1. The Morgan fingerprint density at radius 2 is 1.92 bits per heavy atom. The molecule has 0 saturated carbocycles. The molecule has 1 aromatic heterocycles. The molecule has 0 saturated heterocycles. The van der Waals surface area contributed by atoms with Gasteiger partial charge in [-0.3, -0.25) is 9.48 Å². The van der Waals surface area contributed by atoms with Crippen LogP contribution < -0.4 is 19.5 Å². The van der Waals surface area contributed by atoms with Crippen molar-refractivity contribution in [1.82, 2.24) is 9.78 Å². The number of benzene rings is 1. The van der Waals surface area contributed by atoms with Gasteiger partial charge in [0.25, 0.3) is 0 Å². The first-order valence-corrected chi connectivity index (χ1v) is 8.37. The lowest BCUT2D eigenvalue weighted by Gasteiger charge is -2.20. The molecule has 0 unspecified atom stereocenters. The summed E-state index contributed by atoms with van der Waals surface area (Å²) < 4.78 is 18.1. The molecule has 0 radical (unpaired) electrons. The largest absolute Gasteiger partial charge is 0.493 e. The summed E-state index contributed by atoms with van der Waals surface area (Å²) in [6.45, 7) is 0. The van der Waals surface area contributed by atoms with E-state index >= 15 is 0 Å². The van der Waals surface area contributed by atoms with E-state index < -0.39 is 0 Å². The highest BCUT2D eigenvalue weighted by Crippen LogP contribution is 2.49. The van der Waals surface area contributed by atoms with E-state index in [1.807, 2.05) is 12.1 Å². The van der Waals surface area contributed by atoms with Crippen LogP contribution in [0.5, 0.6) is 17.2 Å². The second kappa shape index (κ2) is 6.64. The number of aryl methyl sites for hydroxylation is 1. The van der Waals surface area contributed by atoms with Crippen LogP contribution in [0.25, 0.3) is 0 Å². The lowest BCUT2D eigenvalue weighted by Crippen LogP contribution is -2.15. The lowest BCUT2D eigenvalue weighted by molar-refractivity contribution is -0.113. The van der Waals surface area contributed by atoms with Crippen LogP contribution in [0.1, 0.15) is 16.4 Å². The van der Waals surface area contributed by atoms with Gasteiger partial charge in [0, 0.05) is 18.2 Å². The second-order valence-electron chi connectivity index (χ2n) is 5.23. The minimum Gasteiger partial charge on any atom is -0.493 e. The summed E-state index contributed by atoms with van der Waals surface area (Å²) in [4.78, 5) is 12.0. The SMILES string of the molecule is COc1ccc([C@H]2SCC(=O)Nc3c2cnn3C)c(OC)c1OC. The molecule has 7 nitrogen and oxygen atoms in total. The maximum atomic E-state index is 12.0. The molecule has 1 aliphatic heterocycles. The van der Waals surface area contributed by atoms with Crippen molar-refractivity contribution in [1.29, 1.82) is 0 Å². The van der Waals surface area contributed by atoms with Gasteiger partial charge in [0.1, 0.15) is 5.82 Å². The van der Waals surface area contributed by atoms with Crippen molar-refractivity contribution in [2.75, 3.05) is 32.4 Å². The van der Waals surface area contributed by atoms with Gasteiger partial charge in [0.15, 0.2) is 11.5 Å². The van der Waals surface area contributed by atoms with Gasteiger partial charge in [-0.25, -0.2) is 0 Å². The minimum atomic E-state index is -0.109. The van der Waals surface area contributed by atoms with Crippen molar-refractivity contribution >= 4 is 23.5 Å². The van der Waals surface area contributed by atoms with Crippen molar-refractivity contribution in [3.63, 3.8) is 0 Å². The number of rotatable bonds is 4. The second-order valence-corrected chi connectivity index (χ2v) is 6.33. The van der Waals surface area contributed by atoms with Crippen molar-refractivity contribution in [2.24, 2.45) is 7.05 Å². The molecule has 2 heterocycles. The van der Waals surface area contributed by atoms with E-state index in [4.69, 9.17) is 14.2 Å². The Morgan fingerprint density at radius 1 is 1.17 bits per heavy atom. The number of hydrogen-bond acceptors (Lipinski definition) is 6. The van der Waals surface area contributed by atoms with Crippen LogP contribution in [0.3, 0.4) is 0 Å². The van der Waals surface area contributed by atoms with Gasteiger partial charge in [0.2, 0.25) is 11.7 Å². The molecule has 0 bridgehead atoms. The molecule has 2 aromatic rings. The van der Waals surface area contributed by atoms with Crippen molar-refractivity contribution < 1.29 is 19.0 Å². The summed E-state index contributed by atoms with van der Waals surface area (Å²) >= 11 is 1.52. The number of carbonyl (C=O) groups excluding carboxylic acids is 1. The Kier molecular flexibility index (Phi) is 4.57. The Labute approximate surface area is 144 Å². The molecular weight excluding hydrogens is 330 g/mol. The number of ether oxygens (including phenoxy) is 3. The average molecular weight is 349 g/mol. The molecule has 0 spiro atoms. The molecule has 128 valence electrons. The number of aromatic nitrogens is 2. The van der Waals surface area contributed by atoms with Crippen LogP contribution in [-0.4, -0.2) is 42.8 Å². The lowest BCUT2D eigenvalue weighted by atomic mass is 10.0. The predicted octanol–water partition coefficient (Wildman–Crippen LogP) is 2.22. The molecule has 3 rings (SSSR count). The first-order valence-electron chi connectivity index (χ1n) is 7.32. The van der Waals surface area contributed by atoms with Gasteiger partial charge in [-0.15, -0.1) is 11.8 Å². The maximum Gasteiger partial charge on any atom is 0.235 e. The summed E-state index contributed by atoms with van der Waals surface area (Å²) in [5.74, 6) is 2.72. The zero-order valence-electron chi connectivity index (χ0n) is 14.0. The van der Waals surface area contributed by atoms with Crippen LogP contribution in [0, 0.1) is 0 Å². The Balaban J connectivity index is 2.16. The Bertz CT molecular complexity index is 775. The van der Waals surface area contributed by atoms with Gasteiger partial charge >= 0.3 is 0 Å². The van der Waals surface area contributed by atoms with Gasteiger partial charge in [-0.2, -0.15) is 5.10 Å². The fourth-order valence-corrected chi connectivity index (χ4v) is 3.91. The maximum absolute atomic E-state index is 12.0. The summed E-state index contributed by atoms with van der Waals surface area (Å²) in [5.41, 5.74) is 1.84. The third-order valence-electron chi connectivity index (χ3n) is 3.91. The highest BCUT2D eigenvalue weighted by molar-refractivity contribution is 8.00. The van der Waals surface area contributed by atoms with Crippen LogP contribution in [0.2, 0.25) is 0 Å². The molecular formula is C16H19N3O4S. The zero-order valence-corrected chi connectivity index (χ0v) is 14.8. The number of nitrogens with zero attached hydrogens (tertiary/aromatic N) is 2. The highest BCUT2D eigenvalue weighted by atomic mass is 32.2. The minimum absolute atomic E-state index is 0.0493. The van der Waals surface area contributed by atoms with E-state index in [0.29, 0.717) is 28.8 Å². The molecule has 1 aliphatic rings. The topological polar surface area (TPSA) is 74.6 Å². The number of thioether (sulfide) groups is 1. The third kappa shape index (κ3) is 2.66. The monoisotopic (exact) mass is 349 g/mol. The number of methoxy groups -OCH3 is 3. The fraction of sp³-hybridized carbons (Fsp3) is 0.375. The van der Waals surface area contributed by atoms with Gasteiger partial charge in [-0.1, -0.05) is 0 Å². The van der Waals surface area contributed by atoms with E-state index in [2.05, 4.69) is 10.4 Å². The molecule has 0 fully saturated rings. The molecule has 1 amide bonds. The number of fused-ring (bicyclic) bond motifs is 1. The highest BCUT2D eigenvalue weighted by Gasteiger charge is 2.30. The quantitative estimate of drug-likeness (QED) is 0.912. The molecule has 8 heteroatoms. The van der Waals surface area contributed by atoms with Gasteiger partial charge in [-0.05, 0) is 12.1 Å². The average Bonchev–Trinajstić information content (AvgIpc) is 2.85. The first-order chi connectivity index (χ1) is 11.6. The van der Waals surface area contributed by atoms with E-state index in [-0.39, 0.29) is 11.2 Å². The summed E-state index contributed by atoms with van der Waals surface area (Å²) in [5, 5.41) is 7.07. The zero-order chi connectivity index (χ0) is 17.3. The van der Waals surface area contributed by atoms with Crippen LogP contribution >= 0.6 is 11.8 Å². The Morgan fingerprint density at radius 3 is 2.58 bits per heavy atom. The molecule has 1 atom stereocenters. The van der Waals surface area contributed by atoms with Gasteiger partial charge in [0.05, 0.1) is 38.5 Å². The summed E-state index contributed by atoms with van der Waals surface area (Å²) in [6, 6.07) is 3.78.